The van der Waals surface area contributed by atoms with E-state index in [1.54, 1.807) is 25.3 Å². The first kappa shape index (κ1) is 15.7. The molecule has 1 heterocycles. The zero-order valence-corrected chi connectivity index (χ0v) is 14.7. The van der Waals surface area contributed by atoms with Crippen LogP contribution in [0.2, 0.25) is 0 Å². The quantitative estimate of drug-likeness (QED) is 0.509. The second-order valence-corrected chi connectivity index (χ2v) is 6.54. The van der Waals surface area contributed by atoms with Crippen molar-refractivity contribution in [3.8, 4) is 5.75 Å². The monoisotopic (exact) mass is 418 g/mol. The second-order valence-electron chi connectivity index (χ2n) is 3.91. The molecule has 0 saturated heterocycles. The van der Waals surface area contributed by atoms with E-state index < -0.39 is 0 Å². The van der Waals surface area contributed by atoms with Gasteiger partial charge in [-0.3, -0.25) is 4.79 Å². The van der Waals surface area contributed by atoms with E-state index >= 15 is 0 Å². The van der Waals surface area contributed by atoms with E-state index in [1.807, 2.05) is 11.4 Å². The fourth-order valence-electron chi connectivity index (χ4n) is 1.58. The number of thiophene rings is 1. The van der Waals surface area contributed by atoms with Gasteiger partial charge in [0.25, 0.3) is 0 Å². The summed E-state index contributed by atoms with van der Waals surface area (Å²) in [7, 11) is 1.62. The van der Waals surface area contributed by atoms with E-state index in [9.17, 15) is 4.79 Å². The lowest BCUT2D eigenvalue weighted by molar-refractivity contribution is 0.104. The molecule has 0 amide bonds. The maximum Gasteiger partial charge on any atom is 0.204 e. The molecule has 20 heavy (non-hydrogen) atoms. The van der Waals surface area contributed by atoms with E-state index in [-0.39, 0.29) is 5.78 Å². The molecule has 6 heteroatoms. The Hall–Kier alpha value is -0.690. The highest BCUT2D eigenvalue weighted by atomic mass is 79.9. The van der Waals surface area contributed by atoms with E-state index in [1.165, 1.54) is 11.3 Å². The van der Waals surface area contributed by atoms with Crippen LogP contribution in [0.15, 0.2) is 38.6 Å². The van der Waals surface area contributed by atoms with Gasteiger partial charge in [-0.2, -0.15) is 0 Å². The number of ketones is 1. The smallest absolute Gasteiger partial charge is 0.204 e. The van der Waals surface area contributed by atoms with Gasteiger partial charge < -0.3 is 9.47 Å². The van der Waals surface area contributed by atoms with Crippen molar-refractivity contribution in [1.82, 2.24) is 0 Å². The molecule has 0 aliphatic carbocycles. The van der Waals surface area contributed by atoms with Gasteiger partial charge >= 0.3 is 0 Å². The minimum Gasteiger partial charge on any atom is -0.490 e. The predicted octanol–water partition coefficient (Wildman–Crippen LogP) is 4.53. The molecule has 2 aromatic rings. The van der Waals surface area contributed by atoms with Gasteiger partial charge in [0.15, 0.2) is 0 Å². The molecule has 1 aromatic heterocycles. The number of methoxy groups -OCH3 is 1. The molecule has 0 spiro atoms. The minimum absolute atomic E-state index is 0.00369. The first-order chi connectivity index (χ1) is 9.63. The Kier molecular flexibility index (Phi) is 5.77. The Morgan fingerprint density at radius 2 is 2.00 bits per heavy atom. The molecule has 2 rings (SSSR count). The lowest BCUT2D eigenvalue weighted by Crippen LogP contribution is -2.05. The Labute approximate surface area is 138 Å². The molecule has 0 aliphatic rings. The summed E-state index contributed by atoms with van der Waals surface area (Å²) < 4.78 is 12.0. The molecule has 0 fully saturated rings. The summed E-state index contributed by atoms with van der Waals surface area (Å²) in [5.41, 5.74) is 0.624. The number of ether oxygens (including phenoxy) is 2. The molecule has 0 atom stereocenters. The standard InChI is InChI=1S/C14H12Br2O3S/c1-18-5-6-19-12-3-2-9(8-11(12)16)13(17)14-10(15)4-7-20-14/h2-4,7-8H,5-6H2,1H3. The topological polar surface area (TPSA) is 35.5 Å². The maximum atomic E-state index is 12.4. The van der Waals surface area contributed by atoms with Crippen molar-refractivity contribution in [1.29, 1.82) is 0 Å². The largest absolute Gasteiger partial charge is 0.490 e. The van der Waals surface area contributed by atoms with Crippen molar-refractivity contribution in [2.24, 2.45) is 0 Å². The highest BCUT2D eigenvalue weighted by Gasteiger charge is 2.15. The van der Waals surface area contributed by atoms with Crippen molar-refractivity contribution >= 4 is 49.0 Å². The van der Waals surface area contributed by atoms with Gasteiger partial charge in [-0.05, 0) is 61.5 Å². The molecule has 0 N–H and O–H groups in total. The zero-order valence-electron chi connectivity index (χ0n) is 10.7. The van der Waals surface area contributed by atoms with Gasteiger partial charge in [0.05, 0.1) is 16.0 Å². The van der Waals surface area contributed by atoms with Crippen LogP contribution in [-0.2, 0) is 4.74 Å². The first-order valence-electron chi connectivity index (χ1n) is 5.82. The molecule has 3 nitrogen and oxygen atoms in total. The molecular formula is C14H12Br2O3S. The molecule has 0 radical (unpaired) electrons. The fraction of sp³-hybridized carbons (Fsp3) is 0.214. The van der Waals surface area contributed by atoms with Crippen molar-refractivity contribution in [2.45, 2.75) is 0 Å². The highest BCUT2D eigenvalue weighted by molar-refractivity contribution is 9.11. The summed E-state index contributed by atoms with van der Waals surface area (Å²) in [5, 5.41) is 1.88. The van der Waals surface area contributed by atoms with Gasteiger partial charge in [0.1, 0.15) is 12.4 Å². The van der Waals surface area contributed by atoms with Crippen molar-refractivity contribution in [2.75, 3.05) is 20.3 Å². The number of hydrogen-bond acceptors (Lipinski definition) is 4. The van der Waals surface area contributed by atoms with Gasteiger partial charge in [0.2, 0.25) is 5.78 Å². The normalized spacial score (nSPS) is 10.6. The molecule has 0 unspecified atom stereocenters. The summed E-state index contributed by atoms with van der Waals surface area (Å²) in [6.07, 6.45) is 0. The summed E-state index contributed by atoms with van der Waals surface area (Å²) in [6.45, 7) is 0.994. The molecule has 0 bridgehead atoms. The number of carbonyl (C=O) groups is 1. The van der Waals surface area contributed by atoms with Gasteiger partial charge in [0, 0.05) is 17.1 Å². The van der Waals surface area contributed by atoms with E-state index in [0.717, 1.165) is 8.95 Å². The van der Waals surface area contributed by atoms with Crippen molar-refractivity contribution in [3.05, 3.63) is 49.0 Å². The number of benzene rings is 1. The third-order valence-corrected chi connectivity index (χ3v) is 5.02. The third-order valence-electron chi connectivity index (χ3n) is 2.56. The SMILES string of the molecule is COCCOc1ccc(C(=O)c2sccc2Br)cc1Br. The number of halogens is 2. The van der Waals surface area contributed by atoms with Crippen LogP contribution in [0, 0.1) is 0 Å². The second kappa shape index (κ2) is 7.36. The van der Waals surface area contributed by atoms with Gasteiger partial charge in [-0.25, -0.2) is 0 Å². The summed E-state index contributed by atoms with van der Waals surface area (Å²) >= 11 is 8.22. The average molecular weight is 420 g/mol. The lowest BCUT2D eigenvalue weighted by atomic mass is 10.1. The van der Waals surface area contributed by atoms with Gasteiger partial charge in [-0.1, -0.05) is 0 Å². The molecule has 0 aliphatic heterocycles. The third kappa shape index (κ3) is 3.69. The molecule has 0 saturated carbocycles. The van der Waals surface area contributed by atoms with Crippen LogP contribution in [-0.4, -0.2) is 26.1 Å². The van der Waals surface area contributed by atoms with Crippen LogP contribution < -0.4 is 4.74 Å². The fourth-order valence-corrected chi connectivity index (χ4v) is 3.59. The van der Waals surface area contributed by atoms with Crippen LogP contribution in [0.3, 0.4) is 0 Å². The summed E-state index contributed by atoms with van der Waals surface area (Å²) in [6, 6.07) is 7.20. The number of hydrogen-bond donors (Lipinski definition) is 0. The Morgan fingerprint density at radius 1 is 1.20 bits per heavy atom. The van der Waals surface area contributed by atoms with Crippen molar-refractivity contribution in [3.63, 3.8) is 0 Å². The van der Waals surface area contributed by atoms with Crippen LogP contribution >= 0.6 is 43.2 Å². The Balaban J connectivity index is 2.16. The number of rotatable bonds is 6. The minimum atomic E-state index is -0.00369. The average Bonchev–Trinajstić information content (AvgIpc) is 2.86. The van der Waals surface area contributed by atoms with Crippen LogP contribution in [0.5, 0.6) is 5.75 Å². The Morgan fingerprint density at radius 3 is 2.60 bits per heavy atom. The van der Waals surface area contributed by atoms with Crippen LogP contribution in [0.1, 0.15) is 15.2 Å². The zero-order chi connectivity index (χ0) is 14.5. The van der Waals surface area contributed by atoms with Crippen LogP contribution in [0.4, 0.5) is 0 Å². The number of carbonyl (C=O) groups excluding carboxylic acids is 1. The predicted molar refractivity (Wildman–Crippen MR) is 87.0 cm³/mol. The first-order valence-corrected chi connectivity index (χ1v) is 8.29. The molecular weight excluding hydrogens is 408 g/mol. The Bertz CT molecular complexity index is 610. The van der Waals surface area contributed by atoms with E-state index in [2.05, 4.69) is 31.9 Å². The van der Waals surface area contributed by atoms with E-state index in [0.29, 0.717) is 29.4 Å². The van der Waals surface area contributed by atoms with Gasteiger partial charge in [-0.15, -0.1) is 11.3 Å². The maximum absolute atomic E-state index is 12.4. The highest BCUT2D eigenvalue weighted by Crippen LogP contribution is 2.30. The summed E-state index contributed by atoms with van der Waals surface area (Å²) in [4.78, 5) is 13.0. The molecule has 106 valence electrons. The lowest BCUT2D eigenvalue weighted by Gasteiger charge is -2.09. The summed E-state index contributed by atoms with van der Waals surface area (Å²) in [5.74, 6) is 0.694. The molecule has 1 aromatic carbocycles. The van der Waals surface area contributed by atoms with Crippen LogP contribution in [0.25, 0.3) is 0 Å². The van der Waals surface area contributed by atoms with E-state index in [4.69, 9.17) is 9.47 Å². The van der Waals surface area contributed by atoms with Crippen molar-refractivity contribution < 1.29 is 14.3 Å².